The predicted molar refractivity (Wildman–Crippen MR) is 89.1 cm³/mol. The lowest BCUT2D eigenvalue weighted by atomic mass is 9.99. The summed E-state index contributed by atoms with van der Waals surface area (Å²) in [6, 6.07) is 19.6. The van der Waals surface area contributed by atoms with Gasteiger partial charge in [0, 0.05) is 16.5 Å². The Kier molecular flexibility index (Phi) is 4.16. The second kappa shape index (κ2) is 6.07. The monoisotopic (exact) mass is 316 g/mol. The van der Waals surface area contributed by atoms with Gasteiger partial charge in [-0.05, 0) is 34.0 Å². The smallest absolute Gasteiger partial charge is 0.0844 e. The van der Waals surface area contributed by atoms with E-state index in [1.807, 2.05) is 18.2 Å². The van der Waals surface area contributed by atoms with Gasteiger partial charge in [-0.2, -0.15) is 0 Å². The van der Waals surface area contributed by atoms with Crippen LogP contribution in [0.25, 0.3) is 10.8 Å². The third kappa shape index (κ3) is 3.21. The molecule has 0 heterocycles. The zero-order valence-corrected chi connectivity index (χ0v) is 12.8. The number of aliphatic hydroxyl groups is 1. The van der Waals surface area contributed by atoms with Crippen LogP contribution in [0.5, 0.6) is 0 Å². The van der Waals surface area contributed by atoms with Crippen molar-refractivity contribution in [3.8, 4) is 0 Å². The van der Waals surface area contributed by atoms with Crippen LogP contribution in [0, 0.1) is 0 Å². The molecule has 0 aromatic heterocycles. The highest BCUT2D eigenvalue weighted by Gasteiger charge is 2.13. The van der Waals surface area contributed by atoms with Crippen LogP contribution < -0.4 is 0 Å². The molecule has 0 amide bonds. The normalized spacial score (nSPS) is 12.5. The maximum Gasteiger partial charge on any atom is 0.0844 e. The predicted octanol–water partition coefficient (Wildman–Crippen LogP) is 5.42. The molecular formula is C18H14Cl2O. The highest BCUT2D eigenvalue weighted by atomic mass is 35.5. The minimum atomic E-state index is -0.643. The molecule has 3 rings (SSSR count). The molecule has 0 fully saturated rings. The van der Waals surface area contributed by atoms with Gasteiger partial charge in [0.2, 0.25) is 0 Å². The molecular weight excluding hydrogens is 303 g/mol. The molecule has 0 saturated heterocycles. The van der Waals surface area contributed by atoms with E-state index < -0.39 is 6.10 Å². The average molecular weight is 317 g/mol. The summed E-state index contributed by atoms with van der Waals surface area (Å²) in [4.78, 5) is 0. The van der Waals surface area contributed by atoms with Crippen molar-refractivity contribution in [2.45, 2.75) is 12.5 Å². The third-order valence-corrected chi connectivity index (χ3v) is 4.13. The van der Waals surface area contributed by atoms with Gasteiger partial charge >= 0.3 is 0 Å². The summed E-state index contributed by atoms with van der Waals surface area (Å²) < 4.78 is 0. The van der Waals surface area contributed by atoms with E-state index in [0.29, 0.717) is 22.0 Å². The molecule has 3 heteroatoms. The third-order valence-electron chi connectivity index (χ3n) is 3.56. The summed E-state index contributed by atoms with van der Waals surface area (Å²) in [6.07, 6.45) is -0.123. The van der Waals surface area contributed by atoms with Crippen molar-refractivity contribution in [2.75, 3.05) is 0 Å². The second-order valence-electron chi connectivity index (χ2n) is 5.07. The van der Waals surface area contributed by atoms with Gasteiger partial charge in [0.15, 0.2) is 0 Å². The van der Waals surface area contributed by atoms with E-state index in [9.17, 15) is 5.11 Å². The summed E-state index contributed by atoms with van der Waals surface area (Å²) in [5.74, 6) is 0. The Bertz CT molecular complexity index is 783. The van der Waals surface area contributed by atoms with E-state index >= 15 is 0 Å². The second-order valence-corrected chi connectivity index (χ2v) is 5.91. The van der Waals surface area contributed by atoms with E-state index in [0.717, 1.165) is 5.56 Å². The van der Waals surface area contributed by atoms with Crippen LogP contribution in [0.3, 0.4) is 0 Å². The molecule has 3 aromatic rings. The van der Waals surface area contributed by atoms with Gasteiger partial charge in [-0.3, -0.25) is 0 Å². The molecule has 3 aromatic carbocycles. The fourth-order valence-corrected chi connectivity index (χ4v) is 3.01. The van der Waals surface area contributed by atoms with Gasteiger partial charge in [-0.15, -0.1) is 0 Å². The molecule has 0 aliphatic carbocycles. The fraction of sp³-hybridized carbons (Fsp3) is 0.111. The van der Waals surface area contributed by atoms with E-state index in [4.69, 9.17) is 23.2 Å². The maximum absolute atomic E-state index is 10.4. The topological polar surface area (TPSA) is 20.2 Å². The zero-order chi connectivity index (χ0) is 14.8. The summed E-state index contributed by atoms with van der Waals surface area (Å²) >= 11 is 12.0. The van der Waals surface area contributed by atoms with Gasteiger partial charge < -0.3 is 5.11 Å². The Hall–Kier alpha value is -1.54. The largest absolute Gasteiger partial charge is 0.388 e. The van der Waals surface area contributed by atoms with Crippen molar-refractivity contribution in [1.29, 1.82) is 0 Å². The number of hydrogen-bond acceptors (Lipinski definition) is 1. The molecule has 0 saturated carbocycles. The number of halogens is 2. The highest BCUT2D eigenvalue weighted by Crippen LogP contribution is 2.29. The van der Waals surface area contributed by atoms with E-state index in [-0.39, 0.29) is 0 Å². The Labute approximate surface area is 133 Å². The summed E-state index contributed by atoms with van der Waals surface area (Å²) in [5.41, 5.74) is 1.78. The Morgan fingerprint density at radius 3 is 2.38 bits per heavy atom. The lowest BCUT2D eigenvalue weighted by molar-refractivity contribution is 0.178. The van der Waals surface area contributed by atoms with Crippen LogP contribution in [0.4, 0.5) is 0 Å². The summed E-state index contributed by atoms with van der Waals surface area (Å²) in [6.45, 7) is 0. The molecule has 0 radical (unpaired) electrons. The first kappa shape index (κ1) is 14.4. The van der Waals surface area contributed by atoms with Crippen molar-refractivity contribution < 1.29 is 5.11 Å². The molecule has 106 valence electrons. The van der Waals surface area contributed by atoms with Gasteiger partial charge in [-0.25, -0.2) is 0 Å². The Morgan fingerprint density at radius 1 is 0.857 bits per heavy atom. The van der Waals surface area contributed by atoms with Gasteiger partial charge in [-0.1, -0.05) is 71.7 Å². The van der Waals surface area contributed by atoms with Gasteiger partial charge in [0.05, 0.1) is 6.10 Å². The van der Waals surface area contributed by atoms with E-state index in [2.05, 4.69) is 24.3 Å². The first-order chi connectivity index (χ1) is 10.1. The molecule has 1 N–H and O–H groups in total. The number of benzene rings is 3. The van der Waals surface area contributed by atoms with Crippen LogP contribution in [0.15, 0.2) is 60.7 Å². The highest BCUT2D eigenvalue weighted by molar-refractivity contribution is 6.35. The quantitative estimate of drug-likeness (QED) is 0.683. The van der Waals surface area contributed by atoms with Crippen LogP contribution >= 0.6 is 23.2 Å². The molecule has 1 nitrogen and oxygen atoms in total. The number of fused-ring (bicyclic) bond motifs is 1. The molecule has 0 aliphatic heterocycles. The summed E-state index contributed by atoms with van der Waals surface area (Å²) in [7, 11) is 0. The first-order valence-corrected chi connectivity index (χ1v) is 7.50. The number of rotatable bonds is 3. The molecule has 0 bridgehead atoms. The molecule has 0 aliphatic rings. The lowest BCUT2D eigenvalue weighted by Gasteiger charge is -2.13. The minimum Gasteiger partial charge on any atom is -0.388 e. The first-order valence-electron chi connectivity index (χ1n) is 6.74. The van der Waals surface area contributed by atoms with Crippen molar-refractivity contribution in [2.24, 2.45) is 0 Å². The van der Waals surface area contributed by atoms with Crippen molar-refractivity contribution in [3.63, 3.8) is 0 Å². The van der Waals surface area contributed by atoms with Crippen LogP contribution in [-0.4, -0.2) is 5.11 Å². The molecule has 0 spiro atoms. The average Bonchev–Trinajstić information content (AvgIpc) is 2.47. The van der Waals surface area contributed by atoms with Crippen molar-refractivity contribution >= 4 is 34.0 Å². The molecule has 21 heavy (non-hydrogen) atoms. The van der Waals surface area contributed by atoms with Gasteiger partial charge in [0.25, 0.3) is 0 Å². The molecule has 1 unspecified atom stereocenters. The SMILES string of the molecule is OC(Cc1ccc2ccccc2c1)c1ccc(Cl)cc1Cl. The van der Waals surface area contributed by atoms with Crippen molar-refractivity contribution in [1.82, 2.24) is 0 Å². The van der Waals surface area contributed by atoms with E-state index in [1.165, 1.54) is 10.8 Å². The van der Waals surface area contributed by atoms with Crippen LogP contribution in [0.1, 0.15) is 17.2 Å². The zero-order valence-electron chi connectivity index (χ0n) is 11.3. The standard InChI is InChI=1S/C18H14Cl2O/c19-15-7-8-16(17(20)11-15)18(21)10-12-5-6-13-3-1-2-4-14(13)9-12/h1-9,11,18,21H,10H2. The Balaban J connectivity index is 1.87. The van der Waals surface area contributed by atoms with Gasteiger partial charge in [0.1, 0.15) is 0 Å². The maximum atomic E-state index is 10.4. The summed E-state index contributed by atoms with van der Waals surface area (Å²) in [5, 5.41) is 13.8. The van der Waals surface area contributed by atoms with Crippen LogP contribution in [-0.2, 0) is 6.42 Å². The number of aliphatic hydroxyl groups excluding tert-OH is 1. The molecule has 1 atom stereocenters. The number of hydrogen-bond donors (Lipinski definition) is 1. The lowest BCUT2D eigenvalue weighted by Crippen LogP contribution is -2.02. The van der Waals surface area contributed by atoms with Crippen LogP contribution in [0.2, 0.25) is 10.0 Å². The minimum absolute atomic E-state index is 0.496. The van der Waals surface area contributed by atoms with Crippen molar-refractivity contribution in [3.05, 3.63) is 81.8 Å². The van der Waals surface area contributed by atoms with E-state index in [1.54, 1.807) is 18.2 Å². The Morgan fingerprint density at radius 2 is 1.62 bits per heavy atom. The fourth-order valence-electron chi connectivity index (χ4n) is 2.47.